The second kappa shape index (κ2) is 10.6. The number of aryl methyl sites for hydroxylation is 1. The summed E-state index contributed by atoms with van der Waals surface area (Å²) in [6, 6.07) is 4.49. The maximum atomic E-state index is 13.9. The van der Waals surface area contributed by atoms with Crippen LogP contribution in [0.1, 0.15) is 66.3 Å². The summed E-state index contributed by atoms with van der Waals surface area (Å²) >= 11 is 1.62. The van der Waals surface area contributed by atoms with Gasteiger partial charge in [-0.2, -0.15) is 10.2 Å². The third-order valence-corrected chi connectivity index (χ3v) is 9.64. The predicted octanol–water partition coefficient (Wildman–Crippen LogP) is 5.05. The van der Waals surface area contributed by atoms with Crippen LogP contribution in [0.3, 0.4) is 0 Å². The van der Waals surface area contributed by atoms with Crippen molar-refractivity contribution < 1.29 is 13.7 Å². The predicted molar refractivity (Wildman–Crippen MR) is 151 cm³/mol. The van der Waals surface area contributed by atoms with E-state index in [1.165, 1.54) is 4.88 Å². The number of ether oxygens (including phenoxy) is 1. The number of rotatable bonds is 6. The van der Waals surface area contributed by atoms with Gasteiger partial charge in [0.2, 0.25) is 0 Å². The van der Waals surface area contributed by atoms with E-state index in [9.17, 15) is 9.65 Å². The van der Waals surface area contributed by atoms with Gasteiger partial charge in [0.25, 0.3) is 0 Å². The Hall–Kier alpha value is -3.36. The lowest BCUT2D eigenvalue weighted by Gasteiger charge is -2.39. The average molecular weight is 564 g/mol. The SMILES string of the molecule is C[C@H](Oc1nccc(-c2onc3c2CCC[C@@]32CCCc3sc(/N=C/N(C)C)c(C#N)c32)n1)[C@@H]1C[C@@H](F)CN1C. The fourth-order valence-corrected chi connectivity index (χ4v) is 7.99. The van der Waals surface area contributed by atoms with Crippen molar-refractivity contribution in [1.82, 2.24) is 24.9 Å². The van der Waals surface area contributed by atoms with Crippen LogP contribution in [-0.2, 0) is 18.3 Å². The lowest BCUT2D eigenvalue weighted by molar-refractivity contribution is 0.112. The van der Waals surface area contributed by atoms with E-state index in [-0.39, 0.29) is 23.6 Å². The van der Waals surface area contributed by atoms with Crippen LogP contribution < -0.4 is 4.74 Å². The van der Waals surface area contributed by atoms with Crippen LogP contribution in [-0.4, -0.2) is 77.3 Å². The molecule has 0 unspecified atom stereocenters. The number of hydrogen-bond acceptors (Lipinski definition) is 9. The van der Waals surface area contributed by atoms with Gasteiger partial charge in [-0.25, -0.2) is 14.4 Å². The summed E-state index contributed by atoms with van der Waals surface area (Å²) < 4.78 is 26.0. The molecule has 0 amide bonds. The Morgan fingerprint density at radius 1 is 1.35 bits per heavy atom. The van der Waals surface area contributed by atoms with E-state index in [4.69, 9.17) is 9.26 Å². The molecule has 4 heterocycles. The number of thiophene rings is 1. The minimum atomic E-state index is -0.845. The standard InChI is InChI=1S/C29H34FN7O2S/c1-17(22-13-18(30)15-37(22)4)38-28-32-12-9-21(34-28)25-19-7-5-10-29(26(19)35-39-25)11-6-8-23-24(29)20(14-31)27(40-23)33-16-36(2)3/h9,12,16-18,22H,5-8,10-11,13,15H2,1-4H3/b33-16+/t17-,18+,22-,29-/m0/s1. The highest BCUT2D eigenvalue weighted by Gasteiger charge is 2.48. The molecular weight excluding hydrogens is 529 g/mol. The smallest absolute Gasteiger partial charge is 0.317 e. The molecule has 0 bridgehead atoms. The monoisotopic (exact) mass is 563 g/mol. The Morgan fingerprint density at radius 3 is 2.88 bits per heavy atom. The molecule has 2 aliphatic carbocycles. The van der Waals surface area contributed by atoms with Crippen molar-refractivity contribution in [3.63, 3.8) is 0 Å². The minimum absolute atomic E-state index is 0.0347. The van der Waals surface area contributed by atoms with Gasteiger partial charge in [-0.15, -0.1) is 11.3 Å². The lowest BCUT2D eigenvalue weighted by atomic mass is 9.62. The van der Waals surface area contributed by atoms with E-state index in [1.54, 1.807) is 23.9 Å². The highest BCUT2D eigenvalue weighted by molar-refractivity contribution is 7.16. The van der Waals surface area contributed by atoms with Crippen LogP contribution in [0.5, 0.6) is 6.01 Å². The molecule has 0 saturated carbocycles. The fourth-order valence-electron chi connectivity index (χ4n) is 6.76. The number of likely N-dealkylation sites (N-methyl/N-ethyl adjacent to an activating group) is 1. The summed E-state index contributed by atoms with van der Waals surface area (Å²) in [6.45, 7) is 2.34. The minimum Gasteiger partial charge on any atom is -0.459 e. The summed E-state index contributed by atoms with van der Waals surface area (Å²) in [4.78, 5) is 18.7. The van der Waals surface area contributed by atoms with Gasteiger partial charge in [-0.3, -0.25) is 4.90 Å². The molecule has 0 aromatic carbocycles. The van der Waals surface area contributed by atoms with E-state index >= 15 is 0 Å². The van der Waals surface area contributed by atoms with Crippen molar-refractivity contribution in [3.8, 4) is 23.5 Å². The number of fused-ring (bicyclic) bond motifs is 4. The molecular formula is C29H34FN7O2S. The van der Waals surface area contributed by atoms with Gasteiger partial charge in [0.1, 0.15) is 29.0 Å². The number of alkyl halides is 1. The van der Waals surface area contributed by atoms with Crippen molar-refractivity contribution in [2.24, 2.45) is 4.99 Å². The molecule has 3 aliphatic rings. The van der Waals surface area contributed by atoms with Crippen LogP contribution in [0.15, 0.2) is 21.8 Å². The number of nitrogens with zero attached hydrogens (tertiary/aromatic N) is 7. The molecule has 0 N–H and O–H groups in total. The van der Waals surface area contributed by atoms with E-state index in [0.717, 1.165) is 60.3 Å². The molecule has 1 aliphatic heterocycles. The van der Waals surface area contributed by atoms with Crippen LogP contribution in [0.2, 0.25) is 0 Å². The number of likely N-dealkylation sites (tertiary alicyclic amines) is 1. The molecule has 210 valence electrons. The summed E-state index contributed by atoms with van der Waals surface area (Å²) in [5.74, 6) is 0.627. The molecule has 1 saturated heterocycles. The number of hydrogen-bond donors (Lipinski definition) is 0. The maximum Gasteiger partial charge on any atom is 0.317 e. The number of halogens is 1. The quantitative estimate of drug-likeness (QED) is 0.303. The van der Waals surface area contributed by atoms with Crippen LogP contribution in [0.25, 0.3) is 11.5 Å². The third kappa shape index (κ3) is 4.57. The molecule has 6 rings (SSSR count). The zero-order valence-electron chi connectivity index (χ0n) is 23.4. The van der Waals surface area contributed by atoms with Crippen LogP contribution >= 0.6 is 11.3 Å². The molecule has 11 heteroatoms. The Kier molecular flexibility index (Phi) is 7.09. The Bertz CT molecular complexity index is 1470. The van der Waals surface area contributed by atoms with Crippen molar-refractivity contribution in [3.05, 3.63) is 39.5 Å². The average Bonchev–Trinajstić information content (AvgIpc) is 3.63. The molecule has 1 fully saturated rings. The molecule has 0 radical (unpaired) electrons. The Morgan fingerprint density at radius 2 is 2.15 bits per heavy atom. The second-order valence-electron chi connectivity index (χ2n) is 11.4. The third-order valence-electron chi connectivity index (χ3n) is 8.49. The molecule has 3 aromatic heterocycles. The Labute approximate surface area is 237 Å². The van der Waals surface area contributed by atoms with Crippen molar-refractivity contribution in [2.75, 3.05) is 27.7 Å². The first kappa shape index (κ1) is 26.8. The summed E-state index contributed by atoms with van der Waals surface area (Å²) in [6.07, 6.45) is 8.33. The normalized spacial score (nSPS) is 25.1. The number of aliphatic imine (C=N–C) groups is 1. The van der Waals surface area contributed by atoms with E-state index in [2.05, 4.69) is 26.2 Å². The largest absolute Gasteiger partial charge is 0.459 e. The van der Waals surface area contributed by atoms with E-state index in [0.29, 0.717) is 30.0 Å². The molecule has 4 atom stereocenters. The molecule has 40 heavy (non-hydrogen) atoms. The highest BCUT2D eigenvalue weighted by Crippen LogP contribution is 2.55. The van der Waals surface area contributed by atoms with E-state index < -0.39 is 6.17 Å². The molecule has 1 spiro atoms. The number of aromatic nitrogens is 3. The molecule has 3 aromatic rings. The van der Waals surface area contributed by atoms with Gasteiger partial charge >= 0.3 is 6.01 Å². The lowest BCUT2D eigenvalue weighted by Crippen LogP contribution is -2.38. The highest BCUT2D eigenvalue weighted by atomic mass is 32.1. The van der Waals surface area contributed by atoms with E-state index in [1.807, 2.05) is 43.9 Å². The van der Waals surface area contributed by atoms with Crippen LogP contribution in [0, 0.1) is 11.3 Å². The fraction of sp³-hybridized carbons (Fsp3) is 0.552. The zero-order valence-corrected chi connectivity index (χ0v) is 24.2. The second-order valence-corrected chi connectivity index (χ2v) is 12.5. The number of nitriles is 1. The van der Waals surface area contributed by atoms with Gasteiger partial charge in [0.15, 0.2) is 5.76 Å². The van der Waals surface area contributed by atoms with Gasteiger partial charge in [-0.1, -0.05) is 5.16 Å². The van der Waals surface area contributed by atoms with Crippen molar-refractivity contribution in [2.45, 2.75) is 75.6 Å². The van der Waals surface area contributed by atoms with Gasteiger partial charge in [0.05, 0.1) is 17.6 Å². The van der Waals surface area contributed by atoms with Crippen molar-refractivity contribution >= 4 is 22.7 Å². The van der Waals surface area contributed by atoms with Crippen LogP contribution in [0.4, 0.5) is 9.39 Å². The maximum absolute atomic E-state index is 13.9. The van der Waals surface area contributed by atoms with Gasteiger partial charge in [0, 0.05) is 48.7 Å². The first-order valence-electron chi connectivity index (χ1n) is 13.9. The van der Waals surface area contributed by atoms with Gasteiger partial charge < -0.3 is 14.2 Å². The zero-order chi connectivity index (χ0) is 28.0. The van der Waals surface area contributed by atoms with Crippen molar-refractivity contribution in [1.29, 1.82) is 5.26 Å². The van der Waals surface area contributed by atoms with Gasteiger partial charge in [-0.05, 0) is 70.5 Å². The Balaban J connectivity index is 1.35. The molecule has 9 nitrogen and oxygen atoms in total. The summed E-state index contributed by atoms with van der Waals surface area (Å²) in [5, 5.41) is 15.7. The summed E-state index contributed by atoms with van der Waals surface area (Å²) in [7, 11) is 5.76. The first-order chi connectivity index (χ1) is 19.3. The topological polar surface area (TPSA) is 104 Å². The first-order valence-corrected chi connectivity index (χ1v) is 14.7. The summed E-state index contributed by atoms with van der Waals surface area (Å²) in [5.41, 5.74) is 3.96.